The Morgan fingerprint density at radius 3 is 2.28 bits per heavy atom. The van der Waals surface area contributed by atoms with Gasteiger partial charge in [0.25, 0.3) is 0 Å². The summed E-state index contributed by atoms with van der Waals surface area (Å²) in [5.41, 5.74) is 5.68. The Labute approximate surface area is 108 Å². The molecule has 0 atom stereocenters. The van der Waals surface area contributed by atoms with Crippen LogP contribution < -0.4 is 10.9 Å². The SMILES string of the molecule is N#CCCNNC(=O)C1C2CC3CC(C2)CC1C3. The molecule has 4 aliphatic rings. The first kappa shape index (κ1) is 12.0. The third-order valence-electron chi connectivity index (χ3n) is 5.10. The van der Waals surface area contributed by atoms with Crippen molar-refractivity contribution in [2.24, 2.45) is 29.6 Å². The second-order valence-corrected chi connectivity index (χ2v) is 6.28. The quantitative estimate of drug-likeness (QED) is 0.585. The van der Waals surface area contributed by atoms with Gasteiger partial charge in [-0.25, -0.2) is 5.43 Å². The topological polar surface area (TPSA) is 64.9 Å². The van der Waals surface area contributed by atoms with Crippen molar-refractivity contribution in [1.82, 2.24) is 10.9 Å². The lowest BCUT2D eigenvalue weighted by molar-refractivity contribution is -0.139. The maximum Gasteiger partial charge on any atom is 0.237 e. The van der Waals surface area contributed by atoms with Crippen molar-refractivity contribution in [1.29, 1.82) is 5.26 Å². The number of nitrogens with zero attached hydrogens (tertiary/aromatic N) is 1. The van der Waals surface area contributed by atoms with E-state index in [9.17, 15) is 4.79 Å². The smallest absolute Gasteiger partial charge is 0.237 e. The second-order valence-electron chi connectivity index (χ2n) is 6.28. The van der Waals surface area contributed by atoms with E-state index in [1.54, 1.807) is 0 Å². The number of hydrogen-bond donors (Lipinski definition) is 2. The molecule has 0 aromatic heterocycles. The van der Waals surface area contributed by atoms with Crippen LogP contribution in [0.25, 0.3) is 0 Å². The molecular weight excluding hydrogens is 226 g/mol. The minimum absolute atomic E-state index is 0.168. The van der Waals surface area contributed by atoms with Crippen LogP contribution in [0.4, 0.5) is 0 Å². The van der Waals surface area contributed by atoms with Gasteiger partial charge in [-0.1, -0.05) is 0 Å². The maximum absolute atomic E-state index is 12.2. The van der Waals surface area contributed by atoms with Crippen molar-refractivity contribution in [3.05, 3.63) is 0 Å². The lowest BCUT2D eigenvalue weighted by Gasteiger charge is -2.53. The van der Waals surface area contributed by atoms with Crippen molar-refractivity contribution in [2.75, 3.05) is 6.54 Å². The van der Waals surface area contributed by atoms with Crippen molar-refractivity contribution < 1.29 is 4.79 Å². The highest BCUT2D eigenvalue weighted by Gasteiger charge is 2.50. The van der Waals surface area contributed by atoms with Crippen LogP contribution >= 0.6 is 0 Å². The number of amides is 1. The van der Waals surface area contributed by atoms with E-state index >= 15 is 0 Å². The number of hydrogen-bond acceptors (Lipinski definition) is 3. The second kappa shape index (κ2) is 4.89. The minimum atomic E-state index is 0.168. The Morgan fingerprint density at radius 2 is 1.72 bits per heavy atom. The normalized spacial score (nSPS) is 40.5. The zero-order valence-corrected chi connectivity index (χ0v) is 10.7. The summed E-state index contributed by atoms with van der Waals surface area (Å²) in [6.45, 7) is 0.537. The highest BCUT2D eigenvalue weighted by Crippen LogP contribution is 2.56. The first-order valence-corrected chi connectivity index (χ1v) is 7.17. The zero-order valence-electron chi connectivity index (χ0n) is 10.7. The van der Waals surface area contributed by atoms with E-state index in [4.69, 9.17) is 5.26 Å². The molecule has 0 aliphatic heterocycles. The van der Waals surface area contributed by atoms with Crippen LogP contribution in [-0.4, -0.2) is 12.5 Å². The highest BCUT2D eigenvalue weighted by molar-refractivity contribution is 5.79. The van der Waals surface area contributed by atoms with Crippen molar-refractivity contribution >= 4 is 5.91 Å². The Balaban J connectivity index is 1.56. The lowest BCUT2D eigenvalue weighted by Crippen LogP contribution is -2.53. The van der Waals surface area contributed by atoms with E-state index in [2.05, 4.69) is 16.9 Å². The molecule has 4 saturated carbocycles. The van der Waals surface area contributed by atoms with Crippen LogP contribution in [0.3, 0.4) is 0 Å². The number of carbonyl (C=O) groups is 1. The molecule has 4 bridgehead atoms. The fraction of sp³-hybridized carbons (Fsp3) is 0.857. The summed E-state index contributed by atoms with van der Waals surface area (Å²) >= 11 is 0. The van der Waals surface area contributed by atoms with E-state index in [-0.39, 0.29) is 11.8 Å². The first-order valence-electron chi connectivity index (χ1n) is 7.17. The van der Waals surface area contributed by atoms with Crippen LogP contribution in [-0.2, 0) is 4.79 Å². The molecule has 0 radical (unpaired) electrons. The highest BCUT2D eigenvalue weighted by atomic mass is 16.2. The van der Waals surface area contributed by atoms with Gasteiger partial charge in [-0.15, -0.1) is 0 Å². The van der Waals surface area contributed by atoms with Gasteiger partial charge in [-0.3, -0.25) is 10.2 Å². The molecule has 2 N–H and O–H groups in total. The predicted octanol–water partition coefficient (Wildman–Crippen LogP) is 1.59. The van der Waals surface area contributed by atoms with Gasteiger partial charge < -0.3 is 0 Å². The van der Waals surface area contributed by atoms with Gasteiger partial charge in [0.2, 0.25) is 5.91 Å². The van der Waals surface area contributed by atoms with E-state index in [0.29, 0.717) is 24.8 Å². The largest absolute Gasteiger partial charge is 0.291 e. The van der Waals surface area contributed by atoms with E-state index in [1.165, 1.54) is 32.1 Å². The van der Waals surface area contributed by atoms with Crippen LogP contribution in [0.5, 0.6) is 0 Å². The van der Waals surface area contributed by atoms with Gasteiger partial charge in [-0.05, 0) is 55.8 Å². The van der Waals surface area contributed by atoms with Gasteiger partial charge in [0, 0.05) is 18.9 Å². The molecule has 18 heavy (non-hydrogen) atoms. The van der Waals surface area contributed by atoms with Crippen LogP contribution in [0.15, 0.2) is 0 Å². The van der Waals surface area contributed by atoms with Crippen molar-refractivity contribution in [2.45, 2.75) is 38.5 Å². The molecule has 1 amide bonds. The summed E-state index contributed by atoms with van der Waals surface area (Å²) in [4.78, 5) is 12.2. The third kappa shape index (κ3) is 2.12. The third-order valence-corrected chi connectivity index (χ3v) is 5.10. The number of hydrazine groups is 1. The lowest BCUT2D eigenvalue weighted by atomic mass is 9.52. The molecule has 0 unspecified atom stereocenters. The number of nitriles is 1. The molecule has 0 saturated heterocycles. The first-order chi connectivity index (χ1) is 8.78. The molecule has 4 heteroatoms. The summed E-state index contributed by atoms with van der Waals surface area (Å²) in [5.74, 6) is 3.46. The van der Waals surface area contributed by atoms with Gasteiger partial charge in [-0.2, -0.15) is 5.26 Å². The fourth-order valence-corrected chi connectivity index (χ4v) is 4.70. The summed E-state index contributed by atoms with van der Waals surface area (Å²) in [7, 11) is 0. The summed E-state index contributed by atoms with van der Waals surface area (Å²) in [5, 5.41) is 8.44. The average Bonchev–Trinajstić information content (AvgIpc) is 2.33. The van der Waals surface area contributed by atoms with Gasteiger partial charge >= 0.3 is 0 Å². The Kier molecular flexibility index (Phi) is 3.25. The van der Waals surface area contributed by atoms with E-state index < -0.39 is 0 Å². The van der Waals surface area contributed by atoms with Gasteiger partial charge in [0.05, 0.1) is 6.07 Å². The monoisotopic (exact) mass is 247 g/mol. The standard InChI is InChI=1S/C14H21N3O/c15-2-1-3-16-17-14(18)13-11-5-9-4-10(7-11)8-12(13)6-9/h9-13,16H,1,3-8H2,(H,17,18). The van der Waals surface area contributed by atoms with Crippen molar-refractivity contribution in [3.63, 3.8) is 0 Å². The molecular formula is C14H21N3O. The van der Waals surface area contributed by atoms with Crippen molar-refractivity contribution in [3.8, 4) is 6.07 Å². The summed E-state index contributed by atoms with van der Waals surface area (Å²) in [6, 6.07) is 2.06. The van der Waals surface area contributed by atoms with Gasteiger partial charge in [0.1, 0.15) is 0 Å². The molecule has 98 valence electrons. The van der Waals surface area contributed by atoms with Crippen LogP contribution in [0, 0.1) is 40.9 Å². The summed E-state index contributed by atoms with van der Waals surface area (Å²) < 4.78 is 0. The fourth-order valence-electron chi connectivity index (χ4n) is 4.70. The van der Waals surface area contributed by atoms with Gasteiger partial charge in [0.15, 0.2) is 0 Å². The Bertz CT molecular complexity index is 346. The number of nitrogens with one attached hydrogen (secondary N) is 2. The Morgan fingerprint density at radius 1 is 1.11 bits per heavy atom. The molecule has 0 aromatic carbocycles. The molecule has 4 nitrogen and oxygen atoms in total. The number of rotatable bonds is 4. The molecule has 4 aliphatic carbocycles. The van der Waals surface area contributed by atoms with E-state index in [0.717, 1.165) is 11.8 Å². The molecule has 0 aromatic rings. The molecule has 4 fully saturated rings. The average molecular weight is 247 g/mol. The maximum atomic E-state index is 12.2. The number of carbonyl (C=O) groups excluding carboxylic acids is 1. The summed E-state index contributed by atoms with van der Waals surface area (Å²) in [6.07, 6.45) is 6.92. The van der Waals surface area contributed by atoms with Crippen LogP contribution in [0.2, 0.25) is 0 Å². The Hall–Kier alpha value is -1.08. The molecule has 0 heterocycles. The molecule has 4 rings (SSSR count). The predicted molar refractivity (Wildman–Crippen MR) is 66.9 cm³/mol. The van der Waals surface area contributed by atoms with E-state index in [1.807, 2.05) is 0 Å². The van der Waals surface area contributed by atoms with Crippen LogP contribution in [0.1, 0.15) is 38.5 Å². The molecule has 0 spiro atoms. The minimum Gasteiger partial charge on any atom is -0.291 e. The zero-order chi connectivity index (χ0) is 12.5.